The number of benzene rings is 5. The SMILES string of the molecule is Cc1ccc(Nc2nc(-c3ccc(C(=O)N/N=C\c4cn(Cc5ccc6ccccc6c5)c5ccccc45)cc3)cs2)cc1. The molecular weight excluding hydrogens is 563 g/mol. The van der Waals surface area contributed by atoms with Crippen molar-refractivity contribution in [2.24, 2.45) is 5.10 Å². The van der Waals surface area contributed by atoms with Crippen LogP contribution in [-0.4, -0.2) is 21.7 Å². The molecule has 0 fully saturated rings. The molecule has 7 heteroatoms. The van der Waals surface area contributed by atoms with Crippen molar-refractivity contribution in [3.63, 3.8) is 0 Å². The number of thiazole rings is 1. The Morgan fingerprint density at radius 1 is 0.886 bits per heavy atom. The van der Waals surface area contributed by atoms with Gasteiger partial charge in [0.05, 0.1) is 11.9 Å². The van der Waals surface area contributed by atoms with Crippen LogP contribution in [-0.2, 0) is 6.54 Å². The average Bonchev–Trinajstić information content (AvgIpc) is 3.67. The van der Waals surface area contributed by atoms with E-state index in [0.717, 1.165) is 45.1 Å². The lowest BCUT2D eigenvalue weighted by atomic mass is 10.1. The van der Waals surface area contributed by atoms with Gasteiger partial charge in [-0.25, -0.2) is 10.4 Å². The number of amides is 1. The second kappa shape index (κ2) is 12.0. The smallest absolute Gasteiger partial charge is 0.271 e. The molecule has 44 heavy (non-hydrogen) atoms. The summed E-state index contributed by atoms with van der Waals surface area (Å²) in [5.41, 5.74) is 10.5. The number of anilines is 2. The number of carbonyl (C=O) groups is 1. The first-order valence-electron chi connectivity index (χ1n) is 14.4. The molecule has 7 aromatic rings. The molecule has 1 amide bonds. The molecule has 7 rings (SSSR count). The largest absolute Gasteiger partial charge is 0.342 e. The Morgan fingerprint density at radius 3 is 2.50 bits per heavy atom. The lowest BCUT2D eigenvalue weighted by Gasteiger charge is -2.07. The molecule has 0 saturated carbocycles. The zero-order valence-electron chi connectivity index (χ0n) is 24.1. The maximum absolute atomic E-state index is 12.9. The van der Waals surface area contributed by atoms with E-state index in [9.17, 15) is 4.79 Å². The highest BCUT2D eigenvalue weighted by Crippen LogP contribution is 2.28. The third-order valence-corrected chi connectivity index (χ3v) is 8.36. The van der Waals surface area contributed by atoms with Crippen LogP contribution in [0.25, 0.3) is 32.9 Å². The minimum absolute atomic E-state index is 0.271. The Morgan fingerprint density at radius 2 is 1.66 bits per heavy atom. The van der Waals surface area contributed by atoms with E-state index in [1.807, 2.05) is 41.8 Å². The number of rotatable bonds is 8. The van der Waals surface area contributed by atoms with E-state index in [2.05, 4.69) is 100 Å². The summed E-state index contributed by atoms with van der Waals surface area (Å²) in [6.07, 6.45) is 3.80. The fourth-order valence-corrected chi connectivity index (χ4v) is 6.02. The van der Waals surface area contributed by atoms with Crippen LogP contribution in [0.1, 0.15) is 27.0 Å². The quantitative estimate of drug-likeness (QED) is 0.137. The van der Waals surface area contributed by atoms with Gasteiger partial charge in [0.15, 0.2) is 5.13 Å². The molecule has 0 unspecified atom stereocenters. The van der Waals surface area contributed by atoms with Gasteiger partial charge >= 0.3 is 0 Å². The van der Waals surface area contributed by atoms with Crippen molar-refractivity contribution in [2.45, 2.75) is 13.5 Å². The summed E-state index contributed by atoms with van der Waals surface area (Å²) in [7, 11) is 0. The summed E-state index contributed by atoms with van der Waals surface area (Å²) in [6.45, 7) is 2.80. The third kappa shape index (κ3) is 5.86. The van der Waals surface area contributed by atoms with Crippen LogP contribution in [0.5, 0.6) is 0 Å². The van der Waals surface area contributed by atoms with Crippen LogP contribution in [0.4, 0.5) is 10.8 Å². The molecule has 214 valence electrons. The molecule has 0 spiro atoms. The Kier molecular flexibility index (Phi) is 7.44. The van der Waals surface area contributed by atoms with Gasteiger partial charge in [0.25, 0.3) is 5.91 Å². The second-order valence-corrected chi connectivity index (χ2v) is 11.6. The van der Waals surface area contributed by atoms with Gasteiger partial charge < -0.3 is 9.88 Å². The number of fused-ring (bicyclic) bond motifs is 2. The highest BCUT2D eigenvalue weighted by Gasteiger charge is 2.10. The zero-order chi connectivity index (χ0) is 29.9. The first-order valence-corrected chi connectivity index (χ1v) is 15.3. The molecule has 0 atom stereocenters. The minimum atomic E-state index is -0.271. The van der Waals surface area contributed by atoms with Gasteiger partial charge in [-0.1, -0.05) is 84.4 Å². The van der Waals surface area contributed by atoms with Crippen molar-refractivity contribution >= 4 is 56.0 Å². The van der Waals surface area contributed by atoms with Crippen LogP contribution in [0.2, 0.25) is 0 Å². The summed E-state index contributed by atoms with van der Waals surface area (Å²) >= 11 is 1.54. The molecule has 0 bridgehead atoms. The fourth-order valence-electron chi connectivity index (χ4n) is 5.28. The van der Waals surface area contributed by atoms with E-state index in [0.29, 0.717) is 5.56 Å². The summed E-state index contributed by atoms with van der Waals surface area (Å²) in [5, 5.41) is 14.0. The lowest BCUT2D eigenvalue weighted by molar-refractivity contribution is 0.0955. The second-order valence-electron chi connectivity index (χ2n) is 10.7. The monoisotopic (exact) mass is 591 g/mol. The lowest BCUT2D eigenvalue weighted by Crippen LogP contribution is -2.17. The van der Waals surface area contributed by atoms with E-state index >= 15 is 0 Å². The van der Waals surface area contributed by atoms with Gasteiger partial charge in [-0.05, 0) is 59.7 Å². The van der Waals surface area contributed by atoms with Crippen LogP contribution in [0, 0.1) is 6.92 Å². The van der Waals surface area contributed by atoms with Crippen LogP contribution < -0.4 is 10.7 Å². The Bertz CT molecular complexity index is 2120. The van der Waals surface area contributed by atoms with Crippen LogP contribution >= 0.6 is 11.3 Å². The van der Waals surface area contributed by atoms with Crippen molar-refractivity contribution in [3.8, 4) is 11.3 Å². The minimum Gasteiger partial charge on any atom is -0.342 e. The number of para-hydroxylation sites is 1. The number of hydrazone groups is 1. The number of nitrogens with zero attached hydrogens (tertiary/aromatic N) is 3. The number of hydrogen-bond acceptors (Lipinski definition) is 5. The highest BCUT2D eigenvalue weighted by atomic mass is 32.1. The molecule has 5 aromatic carbocycles. The molecule has 0 saturated heterocycles. The molecule has 0 aliphatic carbocycles. The number of aromatic nitrogens is 2. The fraction of sp³-hybridized carbons (Fsp3) is 0.0541. The van der Waals surface area contributed by atoms with Gasteiger partial charge in [0, 0.05) is 51.4 Å². The predicted molar refractivity (Wildman–Crippen MR) is 182 cm³/mol. The number of carbonyl (C=O) groups excluding carboxylic acids is 1. The number of hydrogen-bond donors (Lipinski definition) is 2. The van der Waals surface area contributed by atoms with Crippen LogP contribution in [0.15, 0.2) is 132 Å². The molecule has 0 radical (unpaired) electrons. The topological polar surface area (TPSA) is 71.3 Å². The average molecular weight is 592 g/mol. The normalized spacial score (nSPS) is 11.4. The summed E-state index contributed by atoms with van der Waals surface area (Å²) in [5.74, 6) is -0.271. The van der Waals surface area contributed by atoms with Gasteiger partial charge in [0.1, 0.15) is 0 Å². The molecule has 2 aromatic heterocycles. The van der Waals surface area contributed by atoms with Gasteiger partial charge in [-0.15, -0.1) is 11.3 Å². The van der Waals surface area contributed by atoms with Crippen LogP contribution in [0.3, 0.4) is 0 Å². The summed E-state index contributed by atoms with van der Waals surface area (Å²) in [6, 6.07) is 38.8. The summed E-state index contributed by atoms with van der Waals surface area (Å²) < 4.78 is 2.22. The molecule has 2 N–H and O–H groups in total. The molecule has 6 nitrogen and oxygen atoms in total. The standard InChI is InChI=1S/C37H29N5OS/c1-25-10-18-32(19-11-25)39-37-40-34(24-44-37)28-14-16-29(17-15-28)36(43)41-38-21-31-23-42(35-9-5-4-8-33(31)35)22-26-12-13-27-6-2-3-7-30(27)20-26/h2-21,23-24H,22H2,1H3,(H,39,40)(H,41,43)/b38-21-. The van der Waals surface area contributed by atoms with Crippen molar-refractivity contribution in [3.05, 3.63) is 149 Å². The van der Waals surface area contributed by atoms with E-state index in [4.69, 9.17) is 4.98 Å². The van der Waals surface area contributed by atoms with Gasteiger partial charge in [-0.3, -0.25) is 4.79 Å². The van der Waals surface area contributed by atoms with Crippen molar-refractivity contribution in [1.82, 2.24) is 15.0 Å². The van der Waals surface area contributed by atoms with E-state index in [1.54, 1.807) is 29.7 Å². The van der Waals surface area contributed by atoms with Gasteiger partial charge in [0.2, 0.25) is 0 Å². The van der Waals surface area contributed by atoms with E-state index < -0.39 is 0 Å². The Balaban J connectivity index is 1.02. The van der Waals surface area contributed by atoms with E-state index in [1.165, 1.54) is 21.9 Å². The molecule has 0 aliphatic rings. The summed E-state index contributed by atoms with van der Waals surface area (Å²) in [4.78, 5) is 17.6. The van der Waals surface area contributed by atoms with Crippen molar-refractivity contribution in [2.75, 3.05) is 5.32 Å². The maximum atomic E-state index is 12.9. The molecule has 0 aliphatic heterocycles. The Labute approximate surface area is 259 Å². The Hall–Kier alpha value is -5.53. The third-order valence-electron chi connectivity index (χ3n) is 7.61. The molecular formula is C37H29N5OS. The first-order chi connectivity index (χ1) is 21.6. The number of aryl methyl sites for hydroxylation is 1. The van der Waals surface area contributed by atoms with E-state index in [-0.39, 0.29) is 5.91 Å². The first kappa shape index (κ1) is 27.3. The maximum Gasteiger partial charge on any atom is 0.271 e. The van der Waals surface area contributed by atoms with Gasteiger partial charge in [-0.2, -0.15) is 5.10 Å². The van der Waals surface area contributed by atoms with Crippen molar-refractivity contribution in [1.29, 1.82) is 0 Å². The van der Waals surface area contributed by atoms with Crippen molar-refractivity contribution < 1.29 is 4.79 Å². The highest BCUT2D eigenvalue weighted by molar-refractivity contribution is 7.14. The molecule has 2 heterocycles. The predicted octanol–water partition coefficient (Wildman–Crippen LogP) is 8.78. The zero-order valence-corrected chi connectivity index (χ0v) is 24.9. The number of nitrogens with one attached hydrogen (secondary N) is 2.